The lowest BCUT2D eigenvalue weighted by Crippen LogP contribution is -1.91. The van der Waals surface area contributed by atoms with Gasteiger partial charge in [-0.2, -0.15) is 4.98 Å². The van der Waals surface area contributed by atoms with Crippen molar-refractivity contribution in [1.82, 2.24) is 15.1 Å². The van der Waals surface area contributed by atoms with Crippen LogP contribution >= 0.6 is 11.3 Å². The molecule has 0 aliphatic heterocycles. The van der Waals surface area contributed by atoms with E-state index in [1.165, 1.54) is 0 Å². The van der Waals surface area contributed by atoms with E-state index in [1.54, 1.807) is 11.3 Å². The van der Waals surface area contributed by atoms with E-state index in [-0.39, 0.29) is 5.89 Å². The van der Waals surface area contributed by atoms with Gasteiger partial charge in [0.25, 0.3) is 5.89 Å². The Hall–Kier alpha value is -1.56. The number of carbonyl (C=O) groups excluding carboxylic acids is 1. The smallest absolute Gasteiger partial charge is 0.290 e. The van der Waals surface area contributed by atoms with Gasteiger partial charge in [0.1, 0.15) is 0 Å². The second-order valence-electron chi connectivity index (χ2n) is 2.70. The molecule has 0 N–H and O–H groups in total. The number of rotatable bonds is 3. The lowest BCUT2D eigenvalue weighted by molar-refractivity contribution is 0.108. The molecule has 0 amide bonds. The van der Waals surface area contributed by atoms with Gasteiger partial charge < -0.3 is 4.52 Å². The third-order valence-corrected chi connectivity index (χ3v) is 2.41. The zero-order valence-electron chi connectivity index (χ0n) is 7.43. The molecule has 0 saturated heterocycles. The number of aromatic nitrogens is 3. The summed E-state index contributed by atoms with van der Waals surface area (Å²) in [7, 11) is 0. The first-order valence-electron chi connectivity index (χ1n) is 3.96. The highest BCUT2D eigenvalue weighted by atomic mass is 32.1. The van der Waals surface area contributed by atoms with E-state index in [0.717, 1.165) is 10.7 Å². The topological polar surface area (TPSA) is 68.9 Å². The second kappa shape index (κ2) is 3.67. The molecule has 0 aliphatic carbocycles. The largest absolute Gasteiger partial charge is 0.331 e. The Morgan fingerprint density at radius 2 is 2.43 bits per heavy atom. The summed E-state index contributed by atoms with van der Waals surface area (Å²) in [6.07, 6.45) is 1.03. The molecule has 5 nitrogen and oxygen atoms in total. The third kappa shape index (κ3) is 1.85. The third-order valence-electron chi connectivity index (χ3n) is 1.59. The van der Waals surface area contributed by atoms with Crippen molar-refractivity contribution in [3.05, 3.63) is 27.8 Å². The lowest BCUT2D eigenvalue weighted by atomic mass is 10.3. The zero-order valence-corrected chi connectivity index (χ0v) is 8.24. The van der Waals surface area contributed by atoms with Gasteiger partial charge >= 0.3 is 0 Å². The van der Waals surface area contributed by atoms with Gasteiger partial charge in [-0.25, -0.2) is 4.98 Å². The number of aldehydes is 1. The molecule has 2 aromatic rings. The number of thiazole rings is 1. The van der Waals surface area contributed by atoms with Crippen LogP contribution in [0.3, 0.4) is 0 Å². The number of carbonyl (C=O) groups is 1. The molecule has 6 heteroatoms. The normalized spacial score (nSPS) is 10.4. The Labute approximate surface area is 83.8 Å². The first kappa shape index (κ1) is 9.01. The van der Waals surface area contributed by atoms with E-state index in [9.17, 15) is 4.79 Å². The van der Waals surface area contributed by atoms with Crippen LogP contribution in [-0.2, 0) is 6.42 Å². The van der Waals surface area contributed by atoms with E-state index in [4.69, 9.17) is 0 Å². The van der Waals surface area contributed by atoms with Gasteiger partial charge in [-0.3, -0.25) is 4.79 Å². The van der Waals surface area contributed by atoms with Crippen molar-refractivity contribution in [2.75, 3.05) is 0 Å². The van der Waals surface area contributed by atoms with Crippen LogP contribution in [0.5, 0.6) is 0 Å². The predicted octanol–water partition coefficient (Wildman–Crippen LogP) is 1.24. The minimum Gasteiger partial charge on any atom is -0.331 e. The molecule has 72 valence electrons. The fraction of sp³-hybridized carbons (Fsp3) is 0.250. The molecule has 0 aliphatic rings. The summed E-state index contributed by atoms with van der Waals surface area (Å²) in [5.41, 5.74) is 0.894. The van der Waals surface area contributed by atoms with E-state index in [2.05, 4.69) is 19.6 Å². The molecule has 14 heavy (non-hydrogen) atoms. The molecular weight excluding hydrogens is 202 g/mol. The minimum atomic E-state index is 0.00644. The van der Waals surface area contributed by atoms with Gasteiger partial charge in [0, 0.05) is 5.38 Å². The van der Waals surface area contributed by atoms with Crippen molar-refractivity contribution in [1.29, 1.82) is 0 Å². The average molecular weight is 209 g/mol. The summed E-state index contributed by atoms with van der Waals surface area (Å²) in [5.74, 6) is 0.490. The molecule has 0 bridgehead atoms. The maximum Gasteiger partial charge on any atom is 0.290 e. The van der Waals surface area contributed by atoms with Crippen molar-refractivity contribution in [3.63, 3.8) is 0 Å². The van der Waals surface area contributed by atoms with Crippen molar-refractivity contribution in [2.24, 2.45) is 0 Å². The van der Waals surface area contributed by atoms with Crippen LogP contribution in [0.1, 0.15) is 27.2 Å². The Bertz CT molecular complexity index is 449. The van der Waals surface area contributed by atoms with E-state index in [1.807, 2.05) is 12.3 Å². The summed E-state index contributed by atoms with van der Waals surface area (Å²) >= 11 is 1.57. The molecule has 0 atom stereocenters. The van der Waals surface area contributed by atoms with Crippen molar-refractivity contribution >= 4 is 17.6 Å². The molecule has 0 fully saturated rings. The summed E-state index contributed by atoms with van der Waals surface area (Å²) in [4.78, 5) is 18.4. The van der Waals surface area contributed by atoms with E-state index < -0.39 is 0 Å². The molecule has 2 rings (SSSR count). The number of hydrogen-bond acceptors (Lipinski definition) is 6. The van der Waals surface area contributed by atoms with Crippen LogP contribution in [0.15, 0.2) is 9.90 Å². The maximum atomic E-state index is 10.3. The van der Waals surface area contributed by atoms with Gasteiger partial charge in [-0.15, -0.1) is 11.3 Å². The molecule has 0 radical (unpaired) electrons. The Morgan fingerprint density at radius 1 is 1.57 bits per heavy atom. The van der Waals surface area contributed by atoms with Crippen LogP contribution < -0.4 is 0 Å². The molecule has 0 aromatic carbocycles. The number of nitrogens with zero attached hydrogens (tertiary/aromatic N) is 3. The number of aryl methyl sites for hydroxylation is 1. The molecule has 2 aromatic heterocycles. The first-order chi connectivity index (χ1) is 6.78. The fourth-order valence-electron chi connectivity index (χ4n) is 1.04. The fourth-order valence-corrected chi connectivity index (χ4v) is 1.65. The highest BCUT2D eigenvalue weighted by Crippen LogP contribution is 2.10. The average Bonchev–Trinajstić information content (AvgIpc) is 2.76. The van der Waals surface area contributed by atoms with Gasteiger partial charge in [-0.05, 0) is 6.92 Å². The van der Waals surface area contributed by atoms with Gasteiger partial charge in [0.05, 0.1) is 17.1 Å². The molecule has 0 saturated carbocycles. The molecule has 0 spiro atoms. The van der Waals surface area contributed by atoms with Crippen molar-refractivity contribution in [3.8, 4) is 0 Å². The number of hydrogen-bond donors (Lipinski definition) is 0. The SMILES string of the molecule is Cc1nc(Cc2noc(C=O)n2)cs1. The Balaban J connectivity index is 2.14. The monoisotopic (exact) mass is 209 g/mol. The highest BCUT2D eigenvalue weighted by molar-refractivity contribution is 7.09. The molecule has 0 unspecified atom stereocenters. The Kier molecular flexibility index (Phi) is 2.36. The van der Waals surface area contributed by atoms with Gasteiger partial charge in [0.2, 0.25) is 6.29 Å². The van der Waals surface area contributed by atoms with Crippen LogP contribution in [0.25, 0.3) is 0 Å². The van der Waals surface area contributed by atoms with E-state index in [0.29, 0.717) is 18.5 Å². The standard InChI is InChI=1S/C8H7N3O2S/c1-5-9-6(4-14-5)2-7-10-8(3-12)13-11-7/h3-4H,2H2,1H3. The lowest BCUT2D eigenvalue weighted by Gasteiger charge is -1.86. The van der Waals surface area contributed by atoms with Crippen LogP contribution in [0.4, 0.5) is 0 Å². The first-order valence-corrected chi connectivity index (χ1v) is 4.84. The zero-order chi connectivity index (χ0) is 9.97. The van der Waals surface area contributed by atoms with Crippen LogP contribution in [0.2, 0.25) is 0 Å². The summed E-state index contributed by atoms with van der Waals surface area (Å²) < 4.78 is 4.64. The highest BCUT2D eigenvalue weighted by Gasteiger charge is 2.07. The maximum absolute atomic E-state index is 10.3. The summed E-state index contributed by atoms with van der Waals surface area (Å²) in [5, 5.41) is 6.57. The van der Waals surface area contributed by atoms with Crippen LogP contribution in [0, 0.1) is 6.92 Å². The van der Waals surface area contributed by atoms with Gasteiger partial charge in [0.15, 0.2) is 5.82 Å². The van der Waals surface area contributed by atoms with Crippen LogP contribution in [-0.4, -0.2) is 21.4 Å². The van der Waals surface area contributed by atoms with Crippen molar-refractivity contribution in [2.45, 2.75) is 13.3 Å². The predicted molar refractivity (Wildman–Crippen MR) is 49.3 cm³/mol. The second-order valence-corrected chi connectivity index (χ2v) is 3.76. The van der Waals surface area contributed by atoms with E-state index >= 15 is 0 Å². The molecular formula is C8H7N3O2S. The molecule has 2 heterocycles. The van der Waals surface area contributed by atoms with Gasteiger partial charge in [-0.1, -0.05) is 5.16 Å². The summed E-state index contributed by atoms with van der Waals surface area (Å²) in [6.45, 7) is 1.93. The van der Waals surface area contributed by atoms with Crippen molar-refractivity contribution < 1.29 is 9.32 Å². The Morgan fingerprint density at radius 3 is 3.00 bits per heavy atom. The quantitative estimate of drug-likeness (QED) is 0.711. The minimum absolute atomic E-state index is 0.00644. The summed E-state index contributed by atoms with van der Waals surface area (Å²) in [6, 6.07) is 0.